The van der Waals surface area contributed by atoms with Gasteiger partial charge in [0, 0.05) is 0 Å². The summed E-state index contributed by atoms with van der Waals surface area (Å²) in [6, 6.07) is 7.92. The van der Waals surface area contributed by atoms with Gasteiger partial charge >= 0.3 is 6.03 Å². The van der Waals surface area contributed by atoms with Crippen molar-refractivity contribution in [3.63, 3.8) is 0 Å². The van der Waals surface area contributed by atoms with Gasteiger partial charge < -0.3 is 10.6 Å². The summed E-state index contributed by atoms with van der Waals surface area (Å²) in [6.45, 7) is 5.19. The van der Waals surface area contributed by atoms with Gasteiger partial charge in [-0.05, 0) is 31.4 Å². The van der Waals surface area contributed by atoms with E-state index >= 15 is 0 Å². The molecule has 126 valence electrons. The second-order valence-corrected chi connectivity index (χ2v) is 6.46. The molecule has 0 radical (unpaired) electrons. The van der Waals surface area contributed by atoms with Gasteiger partial charge in [-0.1, -0.05) is 26.0 Å². The summed E-state index contributed by atoms with van der Waals surface area (Å²) < 4.78 is 0. The number of carbonyl (C=O) groups is 3. The number of imide groups is 1. The van der Waals surface area contributed by atoms with E-state index in [0.717, 1.165) is 4.90 Å². The van der Waals surface area contributed by atoms with Crippen molar-refractivity contribution in [3.05, 3.63) is 29.8 Å². The molecule has 0 aromatic heterocycles. The molecule has 1 aliphatic rings. The van der Waals surface area contributed by atoms with Crippen LogP contribution in [0.5, 0.6) is 0 Å². The van der Waals surface area contributed by atoms with Crippen LogP contribution in [-0.2, 0) is 9.59 Å². The molecule has 7 heteroatoms. The van der Waals surface area contributed by atoms with E-state index in [9.17, 15) is 14.4 Å². The summed E-state index contributed by atoms with van der Waals surface area (Å²) in [5, 5.41) is 14.2. The number of anilines is 1. The molecule has 1 heterocycles. The Kier molecular flexibility index (Phi) is 4.88. The zero-order valence-corrected chi connectivity index (χ0v) is 13.9. The molecule has 7 nitrogen and oxygen atoms in total. The van der Waals surface area contributed by atoms with E-state index in [-0.39, 0.29) is 5.92 Å². The van der Waals surface area contributed by atoms with E-state index in [1.165, 1.54) is 0 Å². The number of nitrogens with one attached hydrogen (secondary N) is 2. The molecular formula is C17H20N4O3. The lowest BCUT2D eigenvalue weighted by Gasteiger charge is -2.23. The van der Waals surface area contributed by atoms with Crippen LogP contribution < -0.4 is 10.6 Å². The maximum Gasteiger partial charge on any atom is 0.325 e. The van der Waals surface area contributed by atoms with E-state index in [2.05, 4.69) is 10.6 Å². The number of amides is 4. The molecule has 2 rings (SSSR count). The van der Waals surface area contributed by atoms with Crippen molar-refractivity contribution in [2.75, 3.05) is 11.9 Å². The molecule has 0 aliphatic carbocycles. The fraction of sp³-hybridized carbons (Fsp3) is 0.412. The SMILES string of the molecule is CC(C)CC1(C)NC(=O)N(CC(=O)Nc2ccccc2C#N)C1=O. The highest BCUT2D eigenvalue weighted by atomic mass is 16.2. The maximum absolute atomic E-state index is 12.5. The average Bonchev–Trinajstić information content (AvgIpc) is 2.70. The third kappa shape index (κ3) is 3.54. The van der Waals surface area contributed by atoms with Gasteiger partial charge in [-0.3, -0.25) is 14.5 Å². The zero-order valence-electron chi connectivity index (χ0n) is 13.9. The summed E-state index contributed by atoms with van der Waals surface area (Å²) in [5.74, 6) is -0.726. The molecule has 24 heavy (non-hydrogen) atoms. The number of nitrogens with zero attached hydrogens (tertiary/aromatic N) is 2. The molecule has 1 fully saturated rings. The Morgan fingerprint density at radius 1 is 1.38 bits per heavy atom. The van der Waals surface area contributed by atoms with Crippen molar-refractivity contribution in [3.8, 4) is 6.07 Å². The van der Waals surface area contributed by atoms with Crippen LogP contribution in [-0.4, -0.2) is 34.8 Å². The van der Waals surface area contributed by atoms with Crippen molar-refractivity contribution in [2.45, 2.75) is 32.7 Å². The van der Waals surface area contributed by atoms with Gasteiger partial charge in [0.1, 0.15) is 18.2 Å². The van der Waals surface area contributed by atoms with Crippen LogP contribution in [0.2, 0.25) is 0 Å². The fourth-order valence-electron chi connectivity index (χ4n) is 2.87. The Labute approximate surface area is 140 Å². The molecule has 0 saturated carbocycles. The number of benzene rings is 1. The first-order valence-corrected chi connectivity index (χ1v) is 7.70. The Morgan fingerprint density at radius 2 is 2.04 bits per heavy atom. The minimum absolute atomic E-state index is 0.218. The highest BCUT2D eigenvalue weighted by Crippen LogP contribution is 2.25. The number of para-hydroxylation sites is 1. The smallest absolute Gasteiger partial charge is 0.323 e. The number of hydrogen-bond acceptors (Lipinski definition) is 4. The van der Waals surface area contributed by atoms with Gasteiger partial charge in [-0.15, -0.1) is 0 Å². The number of nitriles is 1. The number of hydrogen-bond donors (Lipinski definition) is 2. The molecule has 1 aromatic carbocycles. The molecular weight excluding hydrogens is 308 g/mol. The van der Waals surface area contributed by atoms with Crippen LogP contribution in [0.4, 0.5) is 10.5 Å². The molecule has 0 bridgehead atoms. The van der Waals surface area contributed by atoms with Crippen molar-refractivity contribution in [1.82, 2.24) is 10.2 Å². The molecule has 1 aromatic rings. The lowest BCUT2D eigenvalue weighted by atomic mass is 9.91. The molecule has 0 spiro atoms. The van der Waals surface area contributed by atoms with Gasteiger partial charge in [-0.25, -0.2) is 4.79 Å². The van der Waals surface area contributed by atoms with Gasteiger partial charge in [0.2, 0.25) is 5.91 Å². The minimum Gasteiger partial charge on any atom is -0.323 e. The summed E-state index contributed by atoms with van der Waals surface area (Å²) in [4.78, 5) is 37.6. The van der Waals surface area contributed by atoms with Crippen molar-refractivity contribution in [2.24, 2.45) is 5.92 Å². The maximum atomic E-state index is 12.5. The zero-order chi connectivity index (χ0) is 17.9. The molecule has 1 unspecified atom stereocenters. The van der Waals surface area contributed by atoms with Gasteiger partial charge in [0.05, 0.1) is 11.3 Å². The first-order chi connectivity index (χ1) is 11.3. The number of urea groups is 1. The topological polar surface area (TPSA) is 102 Å². The van der Waals surface area contributed by atoms with Gasteiger partial charge in [0.25, 0.3) is 5.91 Å². The van der Waals surface area contributed by atoms with Gasteiger partial charge in [0.15, 0.2) is 0 Å². The van der Waals surface area contributed by atoms with Crippen LogP contribution >= 0.6 is 0 Å². The normalized spacial score (nSPS) is 20.0. The summed E-state index contributed by atoms with van der Waals surface area (Å²) >= 11 is 0. The lowest BCUT2D eigenvalue weighted by Crippen LogP contribution is -2.45. The quantitative estimate of drug-likeness (QED) is 0.805. The molecule has 4 amide bonds. The van der Waals surface area contributed by atoms with E-state index in [4.69, 9.17) is 5.26 Å². The molecule has 1 atom stereocenters. The van der Waals surface area contributed by atoms with Crippen molar-refractivity contribution in [1.29, 1.82) is 5.26 Å². The fourth-order valence-corrected chi connectivity index (χ4v) is 2.87. The van der Waals surface area contributed by atoms with Crippen molar-refractivity contribution >= 4 is 23.5 Å². The third-order valence-electron chi connectivity index (χ3n) is 3.78. The Morgan fingerprint density at radius 3 is 2.67 bits per heavy atom. The van der Waals surface area contributed by atoms with Gasteiger partial charge in [-0.2, -0.15) is 5.26 Å². The van der Waals surface area contributed by atoms with E-state index < -0.39 is 29.9 Å². The highest BCUT2D eigenvalue weighted by Gasteiger charge is 2.48. The first kappa shape index (κ1) is 17.5. The lowest BCUT2D eigenvalue weighted by molar-refractivity contribution is -0.133. The van der Waals surface area contributed by atoms with E-state index in [1.54, 1.807) is 31.2 Å². The first-order valence-electron chi connectivity index (χ1n) is 7.70. The Balaban J connectivity index is 2.08. The Hall–Kier alpha value is -2.88. The number of rotatable bonds is 5. The minimum atomic E-state index is -0.990. The summed E-state index contributed by atoms with van der Waals surface area (Å²) in [6.07, 6.45) is 0.493. The number of carbonyl (C=O) groups excluding carboxylic acids is 3. The highest BCUT2D eigenvalue weighted by molar-refractivity contribution is 6.10. The second kappa shape index (κ2) is 6.71. The van der Waals surface area contributed by atoms with Crippen LogP contribution in [0.25, 0.3) is 0 Å². The average molecular weight is 328 g/mol. The monoisotopic (exact) mass is 328 g/mol. The van der Waals surface area contributed by atoms with Crippen molar-refractivity contribution < 1.29 is 14.4 Å². The van der Waals surface area contributed by atoms with E-state index in [1.807, 2.05) is 19.9 Å². The predicted molar refractivity (Wildman–Crippen MR) is 87.9 cm³/mol. The predicted octanol–water partition coefficient (Wildman–Crippen LogP) is 1.85. The standard InChI is InChI=1S/C17H20N4O3/c1-11(2)8-17(3)15(23)21(16(24)20-17)10-14(22)19-13-7-5-4-6-12(13)9-18/h4-7,11H,8,10H2,1-3H3,(H,19,22)(H,20,24). The Bertz CT molecular complexity index is 723. The van der Waals surface area contributed by atoms with Crippen LogP contribution in [0, 0.1) is 17.2 Å². The second-order valence-electron chi connectivity index (χ2n) is 6.46. The summed E-state index contributed by atoms with van der Waals surface area (Å²) in [5.41, 5.74) is -0.328. The van der Waals surface area contributed by atoms with Crippen LogP contribution in [0.1, 0.15) is 32.8 Å². The molecule has 1 aliphatic heterocycles. The van der Waals surface area contributed by atoms with Crippen LogP contribution in [0.15, 0.2) is 24.3 Å². The van der Waals surface area contributed by atoms with E-state index in [0.29, 0.717) is 17.7 Å². The largest absolute Gasteiger partial charge is 0.325 e. The third-order valence-corrected chi connectivity index (χ3v) is 3.78. The molecule has 1 saturated heterocycles. The molecule has 2 N–H and O–H groups in total. The summed E-state index contributed by atoms with van der Waals surface area (Å²) in [7, 11) is 0. The van der Waals surface area contributed by atoms with Crippen LogP contribution in [0.3, 0.4) is 0 Å².